The Morgan fingerprint density at radius 1 is 0.967 bits per heavy atom. The first-order valence-corrected chi connectivity index (χ1v) is 11.1. The minimum absolute atomic E-state index is 0.0886. The normalized spacial score (nSPS) is 12.4. The molecule has 0 bridgehead atoms. The van der Waals surface area contributed by atoms with Crippen LogP contribution in [0.15, 0.2) is 77.7 Å². The summed E-state index contributed by atoms with van der Waals surface area (Å²) < 4.78 is 41.1. The molecule has 0 saturated heterocycles. The van der Waals surface area contributed by atoms with Crippen molar-refractivity contribution in [3.8, 4) is 0 Å². The van der Waals surface area contributed by atoms with Crippen molar-refractivity contribution in [1.82, 2.24) is 4.72 Å². The minimum Gasteiger partial charge on any atom is -0.323 e. The van der Waals surface area contributed by atoms with Gasteiger partial charge in [0.05, 0.1) is 15.6 Å². The molecule has 2 N–H and O–H groups in total. The lowest BCUT2D eigenvalue weighted by Crippen LogP contribution is -2.45. The van der Waals surface area contributed by atoms with Gasteiger partial charge in [0.15, 0.2) is 0 Å². The molecule has 5 nitrogen and oxygen atoms in total. The zero-order valence-electron chi connectivity index (χ0n) is 15.5. The molecule has 0 heterocycles. The number of halogens is 3. The lowest BCUT2D eigenvalue weighted by molar-refractivity contribution is -0.117. The van der Waals surface area contributed by atoms with E-state index < -0.39 is 27.8 Å². The summed E-state index contributed by atoms with van der Waals surface area (Å²) in [5, 5.41) is 3.23. The van der Waals surface area contributed by atoms with Crippen molar-refractivity contribution in [2.45, 2.75) is 17.4 Å². The second-order valence-corrected chi connectivity index (χ2v) is 8.99. The molecule has 30 heavy (non-hydrogen) atoms. The van der Waals surface area contributed by atoms with Crippen LogP contribution in [0.2, 0.25) is 10.0 Å². The second kappa shape index (κ2) is 9.57. The number of amides is 1. The van der Waals surface area contributed by atoms with E-state index in [1.807, 2.05) is 6.07 Å². The molecule has 1 atom stereocenters. The van der Waals surface area contributed by atoms with Crippen LogP contribution in [0.5, 0.6) is 0 Å². The molecule has 0 saturated carbocycles. The van der Waals surface area contributed by atoms with E-state index in [0.29, 0.717) is 5.02 Å². The van der Waals surface area contributed by atoms with Gasteiger partial charge in [0.2, 0.25) is 15.9 Å². The van der Waals surface area contributed by atoms with Gasteiger partial charge in [-0.05, 0) is 54.4 Å². The van der Waals surface area contributed by atoms with Crippen LogP contribution in [0.4, 0.5) is 10.1 Å². The molecular weight excluding hydrogens is 450 g/mol. The smallest absolute Gasteiger partial charge is 0.242 e. The first-order valence-electron chi connectivity index (χ1n) is 8.82. The third-order valence-corrected chi connectivity index (χ3v) is 6.26. The van der Waals surface area contributed by atoms with Gasteiger partial charge in [-0.15, -0.1) is 0 Å². The number of rotatable bonds is 7. The molecular formula is C21H17Cl2FN2O3S. The van der Waals surface area contributed by atoms with Gasteiger partial charge in [-0.2, -0.15) is 4.72 Å². The highest BCUT2D eigenvalue weighted by atomic mass is 35.5. The van der Waals surface area contributed by atoms with E-state index in [4.69, 9.17) is 23.2 Å². The molecule has 0 aliphatic carbocycles. The Morgan fingerprint density at radius 2 is 1.63 bits per heavy atom. The topological polar surface area (TPSA) is 75.3 Å². The highest BCUT2D eigenvalue weighted by molar-refractivity contribution is 7.89. The summed E-state index contributed by atoms with van der Waals surface area (Å²) in [5.74, 6) is -1.18. The van der Waals surface area contributed by atoms with Crippen LogP contribution in [0, 0.1) is 5.82 Å². The van der Waals surface area contributed by atoms with Crippen LogP contribution in [0.3, 0.4) is 0 Å². The third-order valence-electron chi connectivity index (χ3n) is 4.21. The van der Waals surface area contributed by atoms with Crippen LogP contribution < -0.4 is 10.0 Å². The Labute approximate surface area is 183 Å². The number of carbonyl (C=O) groups is 1. The summed E-state index contributed by atoms with van der Waals surface area (Å²) in [6.07, 6.45) is 0.0886. The molecule has 0 aliphatic heterocycles. The Bertz CT molecular complexity index is 1140. The maximum absolute atomic E-state index is 13.2. The maximum Gasteiger partial charge on any atom is 0.242 e. The summed E-state index contributed by atoms with van der Waals surface area (Å²) in [6.45, 7) is 0. The summed E-state index contributed by atoms with van der Waals surface area (Å²) >= 11 is 12.1. The fraction of sp³-hybridized carbons (Fsp3) is 0.0952. The standard InChI is InChI=1S/C21H17Cl2FN2O3S/c22-15-6-11-18(23)19(13-15)25-21(27)20(12-14-4-2-1-3-5-14)26-30(28,29)17-9-7-16(24)8-10-17/h1-11,13,20,26H,12H2,(H,25,27)/t20-/m0/s1. The summed E-state index contributed by atoms with van der Waals surface area (Å²) in [7, 11) is -4.09. The van der Waals surface area contributed by atoms with Gasteiger partial charge in [-0.25, -0.2) is 12.8 Å². The van der Waals surface area contributed by atoms with E-state index in [0.717, 1.165) is 29.8 Å². The Hall–Kier alpha value is -2.45. The molecule has 3 rings (SSSR count). The fourth-order valence-corrected chi connectivity index (χ4v) is 4.25. The van der Waals surface area contributed by atoms with Gasteiger partial charge >= 0.3 is 0 Å². The molecule has 3 aromatic rings. The van der Waals surface area contributed by atoms with Crippen molar-refractivity contribution in [2.75, 3.05) is 5.32 Å². The number of hydrogen-bond donors (Lipinski definition) is 2. The van der Waals surface area contributed by atoms with E-state index in [2.05, 4.69) is 10.0 Å². The fourth-order valence-electron chi connectivity index (χ4n) is 2.72. The Balaban J connectivity index is 1.88. The Morgan fingerprint density at radius 3 is 2.30 bits per heavy atom. The minimum atomic E-state index is -4.09. The van der Waals surface area contributed by atoms with Crippen molar-refractivity contribution in [3.63, 3.8) is 0 Å². The molecule has 0 fully saturated rings. The van der Waals surface area contributed by atoms with Gasteiger partial charge in [0.1, 0.15) is 11.9 Å². The lowest BCUT2D eigenvalue weighted by Gasteiger charge is -2.19. The molecule has 0 aromatic heterocycles. The van der Waals surface area contributed by atoms with Gasteiger partial charge < -0.3 is 5.32 Å². The van der Waals surface area contributed by atoms with E-state index in [9.17, 15) is 17.6 Å². The maximum atomic E-state index is 13.2. The first kappa shape index (κ1) is 22.2. The number of anilines is 1. The zero-order chi connectivity index (χ0) is 21.7. The number of carbonyl (C=O) groups excluding carboxylic acids is 1. The number of benzene rings is 3. The largest absolute Gasteiger partial charge is 0.323 e. The third kappa shape index (κ3) is 5.79. The highest BCUT2D eigenvalue weighted by Crippen LogP contribution is 2.26. The first-order chi connectivity index (χ1) is 14.2. The van der Waals surface area contributed by atoms with Gasteiger partial charge in [-0.1, -0.05) is 53.5 Å². The van der Waals surface area contributed by atoms with E-state index in [1.165, 1.54) is 12.1 Å². The lowest BCUT2D eigenvalue weighted by atomic mass is 10.1. The van der Waals surface area contributed by atoms with Crippen LogP contribution >= 0.6 is 23.2 Å². The zero-order valence-corrected chi connectivity index (χ0v) is 17.8. The average molecular weight is 467 g/mol. The highest BCUT2D eigenvalue weighted by Gasteiger charge is 2.26. The number of nitrogens with one attached hydrogen (secondary N) is 2. The van der Waals surface area contributed by atoms with Crippen molar-refractivity contribution in [1.29, 1.82) is 0 Å². The van der Waals surface area contributed by atoms with Crippen molar-refractivity contribution < 1.29 is 17.6 Å². The van der Waals surface area contributed by atoms with Crippen LogP contribution in [-0.4, -0.2) is 20.4 Å². The number of hydrogen-bond acceptors (Lipinski definition) is 3. The molecule has 3 aromatic carbocycles. The monoisotopic (exact) mass is 466 g/mol. The molecule has 156 valence electrons. The molecule has 0 radical (unpaired) electrons. The van der Waals surface area contributed by atoms with Crippen LogP contribution in [-0.2, 0) is 21.2 Å². The number of sulfonamides is 1. The predicted octanol–water partition coefficient (Wildman–Crippen LogP) is 4.66. The second-order valence-electron chi connectivity index (χ2n) is 6.43. The molecule has 0 unspecified atom stereocenters. The molecule has 0 spiro atoms. The molecule has 0 aliphatic rings. The molecule has 9 heteroatoms. The Kier molecular flexibility index (Phi) is 7.10. The van der Waals surface area contributed by atoms with Crippen molar-refractivity contribution in [2.24, 2.45) is 0 Å². The van der Waals surface area contributed by atoms with Crippen LogP contribution in [0.1, 0.15) is 5.56 Å². The van der Waals surface area contributed by atoms with Crippen LogP contribution in [0.25, 0.3) is 0 Å². The van der Waals surface area contributed by atoms with Crippen molar-refractivity contribution in [3.05, 3.63) is 94.2 Å². The quantitative estimate of drug-likeness (QED) is 0.531. The summed E-state index contributed by atoms with van der Waals surface area (Å²) in [6, 6.07) is 16.7. The SMILES string of the molecule is O=C(Nc1cc(Cl)ccc1Cl)[C@H](Cc1ccccc1)NS(=O)(=O)c1ccc(F)cc1. The van der Waals surface area contributed by atoms with E-state index in [-0.39, 0.29) is 22.0 Å². The van der Waals surface area contributed by atoms with Crippen molar-refractivity contribution >= 4 is 44.8 Å². The molecule has 1 amide bonds. The average Bonchev–Trinajstić information content (AvgIpc) is 2.71. The van der Waals surface area contributed by atoms with E-state index >= 15 is 0 Å². The van der Waals surface area contributed by atoms with Gasteiger partial charge in [-0.3, -0.25) is 4.79 Å². The van der Waals surface area contributed by atoms with Gasteiger partial charge in [0.25, 0.3) is 0 Å². The summed E-state index contributed by atoms with van der Waals surface area (Å²) in [5.41, 5.74) is 1.00. The predicted molar refractivity (Wildman–Crippen MR) is 116 cm³/mol. The van der Waals surface area contributed by atoms with E-state index in [1.54, 1.807) is 30.3 Å². The van der Waals surface area contributed by atoms with Gasteiger partial charge in [0, 0.05) is 5.02 Å². The summed E-state index contributed by atoms with van der Waals surface area (Å²) in [4.78, 5) is 12.8.